The first-order valence-electron chi connectivity index (χ1n) is 7.32. The number of hydrogen-bond donors (Lipinski definition) is 2. The highest BCUT2D eigenvalue weighted by molar-refractivity contribution is 7.11. The predicted octanol–water partition coefficient (Wildman–Crippen LogP) is 3.42. The number of urea groups is 1. The fourth-order valence-electron chi connectivity index (χ4n) is 1.91. The number of aromatic nitrogens is 1. The number of para-hydroxylation sites is 1. The summed E-state index contributed by atoms with van der Waals surface area (Å²) in [5.41, 5.74) is 0. The molecule has 2 aromatic rings. The molecule has 5 nitrogen and oxygen atoms in total. The molecule has 0 spiro atoms. The highest BCUT2D eigenvalue weighted by atomic mass is 32.1. The molecule has 124 valence electrons. The summed E-state index contributed by atoms with van der Waals surface area (Å²) in [6.45, 7) is 5.81. The molecule has 2 N–H and O–H groups in total. The lowest BCUT2D eigenvalue weighted by Gasteiger charge is -2.17. The van der Waals surface area contributed by atoms with Gasteiger partial charge in [0.05, 0.1) is 12.1 Å². The van der Waals surface area contributed by atoms with Gasteiger partial charge in [0.25, 0.3) is 0 Å². The summed E-state index contributed by atoms with van der Waals surface area (Å²) < 4.78 is 18.8. The molecule has 0 saturated heterocycles. The van der Waals surface area contributed by atoms with Crippen LogP contribution in [0.3, 0.4) is 0 Å². The van der Waals surface area contributed by atoms with E-state index in [4.69, 9.17) is 4.74 Å². The van der Waals surface area contributed by atoms with Crippen LogP contribution in [0.1, 0.15) is 29.8 Å². The number of halogens is 1. The molecule has 1 heterocycles. The first-order chi connectivity index (χ1) is 11.0. The number of benzene rings is 1. The van der Waals surface area contributed by atoms with E-state index in [2.05, 4.69) is 15.6 Å². The van der Waals surface area contributed by atoms with E-state index < -0.39 is 5.82 Å². The van der Waals surface area contributed by atoms with Crippen LogP contribution in [0.2, 0.25) is 0 Å². The second-order valence-electron chi connectivity index (χ2n) is 5.29. The van der Waals surface area contributed by atoms with Gasteiger partial charge in [-0.25, -0.2) is 14.2 Å². The largest absolute Gasteiger partial charge is 0.488 e. The molecule has 0 fully saturated rings. The highest BCUT2D eigenvalue weighted by Crippen LogP contribution is 2.18. The summed E-state index contributed by atoms with van der Waals surface area (Å²) in [6.07, 6.45) is 1.78. The molecule has 0 saturated carbocycles. The van der Waals surface area contributed by atoms with Gasteiger partial charge in [0, 0.05) is 11.1 Å². The minimum Gasteiger partial charge on any atom is -0.488 e. The van der Waals surface area contributed by atoms with Gasteiger partial charge < -0.3 is 15.4 Å². The van der Waals surface area contributed by atoms with E-state index in [1.54, 1.807) is 42.7 Å². The van der Waals surface area contributed by atoms with Crippen molar-refractivity contribution in [2.75, 3.05) is 6.61 Å². The lowest BCUT2D eigenvalue weighted by molar-refractivity contribution is 0.222. The molecule has 0 unspecified atom stereocenters. The Morgan fingerprint density at radius 1 is 1.35 bits per heavy atom. The molecule has 2 atom stereocenters. The van der Waals surface area contributed by atoms with E-state index in [1.165, 1.54) is 6.07 Å². The fourth-order valence-corrected chi connectivity index (χ4v) is 2.69. The van der Waals surface area contributed by atoms with E-state index >= 15 is 0 Å². The van der Waals surface area contributed by atoms with E-state index in [9.17, 15) is 9.18 Å². The number of ether oxygens (including phenoxy) is 1. The average Bonchev–Trinajstić information content (AvgIpc) is 2.93. The van der Waals surface area contributed by atoms with Crippen molar-refractivity contribution in [1.29, 1.82) is 0 Å². The smallest absolute Gasteiger partial charge is 0.315 e. The van der Waals surface area contributed by atoms with Gasteiger partial charge in [0.1, 0.15) is 11.6 Å². The summed E-state index contributed by atoms with van der Waals surface area (Å²) in [7, 11) is 0. The van der Waals surface area contributed by atoms with Crippen molar-refractivity contribution in [1.82, 2.24) is 15.6 Å². The Bertz CT molecular complexity index is 662. The standard InChI is InChI=1S/C16H20FN3O2S/c1-10(9-22-14-7-5-4-6-13(14)17)19-16(21)20-12(3)15-18-8-11(2)23-15/h4-8,10,12H,9H2,1-3H3,(H2,19,20,21)/t10-,12+/m0/s1. The number of carbonyl (C=O) groups excluding carboxylic acids is 1. The molecule has 2 rings (SSSR count). The van der Waals surface area contributed by atoms with Crippen LogP contribution in [0.5, 0.6) is 5.75 Å². The number of aryl methyl sites for hydroxylation is 1. The zero-order valence-corrected chi connectivity index (χ0v) is 14.1. The van der Waals surface area contributed by atoms with E-state index in [-0.39, 0.29) is 30.5 Å². The zero-order chi connectivity index (χ0) is 16.8. The summed E-state index contributed by atoms with van der Waals surface area (Å²) >= 11 is 1.55. The number of amides is 2. The monoisotopic (exact) mass is 337 g/mol. The summed E-state index contributed by atoms with van der Waals surface area (Å²) in [5, 5.41) is 6.43. The van der Waals surface area contributed by atoms with Crippen molar-refractivity contribution in [3.63, 3.8) is 0 Å². The first kappa shape index (κ1) is 17.2. The maximum atomic E-state index is 13.4. The maximum absolute atomic E-state index is 13.4. The Hall–Kier alpha value is -2.15. The van der Waals surface area contributed by atoms with Crippen molar-refractivity contribution in [3.05, 3.63) is 46.2 Å². The van der Waals surface area contributed by atoms with Gasteiger partial charge in [-0.1, -0.05) is 12.1 Å². The molecule has 0 aliphatic heterocycles. The molecule has 2 amide bonds. The summed E-state index contributed by atoms with van der Waals surface area (Å²) in [6, 6.07) is 5.43. The lowest BCUT2D eigenvalue weighted by atomic mass is 10.3. The Balaban J connectivity index is 1.77. The van der Waals surface area contributed by atoms with Gasteiger partial charge in [-0.3, -0.25) is 0 Å². The molecule has 0 aliphatic carbocycles. The van der Waals surface area contributed by atoms with E-state index in [0.29, 0.717) is 0 Å². The van der Waals surface area contributed by atoms with E-state index in [0.717, 1.165) is 9.88 Å². The number of nitrogens with zero attached hydrogens (tertiary/aromatic N) is 1. The number of thiazole rings is 1. The Kier molecular flexibility index (Phi) is 5.92. The number of carbonyl (C=O) groups is 1. The van der Waals surface area contributed by atoms with Crippen molar-refractivity contribution in [3.8, 4) is 5.75 Å². The molecule has 1 aromatic heterocycles. The van der Waals surface area contributed by atoms with Crippen LogP contribution in [0.15, 0.2) is 30.5 Å². The molecular weight excluding hydrogens is 317 g/mol. The minimum atomic E-state index is -0.420. The minimum absolute atomic E-state index is 0.173. The van der Waals surface area contributed by atoms with Crippen LogP contribution >= 0.6 is 11.3 Å². The second kappa shape index (κ2) is 7.92. The zero-order valence-electron chi connectivity index (χ0n) is 13.3. The maximum Gasteiger partial charge on any atom is 0.315 e. The van der Waals surface area contributed by atoms with Crippen molar-refractivity contribution in [2.45, 2.75) is 32.9 Å². The topological polar surface area (TPSA) is 63.2 Å². The van der Waals surface area contributed by atoms with Gasteiger partial charge in [-0.05, 0) is 32.9 Å². The molecular formula is C16H20FN3O2S. The first-order valence-corrected chi connectivity index (χ1v) is 8.14. The molecule has 23 heavy (non-hydrogen) atoms. The second-order valence-corrected chi connectivity index (χ2v) is 6.56. The van der Waals surface area contributed by atoms with Crippen LogP contribution in [-0.2, 0) is 0 Å². The molecule has 0 radical (unpaired) electrons. The van der Waals surface area contributed by atoms with Gasteiger partial charge in [0.15, 0.2) is 11.6 Å². The van der Waals surface area contributed by atoms with Gasteiger partial charge in [-0.2, -0.15) is 0 Å². The Morgan fingerprint density at radius 3 is 2.74 bits per heavy atom. The molecule has 7 heteroatoms. The molecule has 1 aromatic carbocycles. The number of hydrogen-bond acceptors (Lipinski definition) is 4. The highest BCUT2D eigenvalue weighted by Gasteiger charge is 2.14. The quantitative estimate of drug-likeness (QED) is 0.849. The normalized spacial score (nSPS) is 13.2. The van der Waals surface area contributed by atoms with Crippen LogP contribution in [-0.4, -0.2) is 23.7 Å². The van der Waals surface area contributed by atoms with Crippen LogP contribution < -0.4 is 15.4 Å². The van der Waals surface area contributed by atoms with Crippen molar-refractivity contribution < 1.29 is 13.9 Å². The van der Waals surface area contributed by atoms with Gasteiger partial charge in [-0.15, -0.1) is 11.3 Å². The van der Waals surface area contributed by atoms with Crippen LogP contribution in [0, 0.1) is 12.7 Å². The Morgan fingerprint density at radius 2 is 2.09 bits per heavy atom. The van der Waals surface area contributed by atoms with Gasteiger partial charge >= 0.3 is 6.03 Å². The van der Waals surface area contributed by atoms with E-state index in [1.807, 2.05) is 13.8 Å². The third kappa shape index (κ3) is 5.21. The third-order valence-corrected chi connectivity index (χ3v) is 4.16. The molecule has 0 aliphatic rings. The van der Waals surface area contributed by atoms with Crippen LogP contribution in [0.4, 0.5) is 9.18 Å². The Labute approximate surface area is 138 Å². The lowest BCUT2D eigenvalue weighted by Crippen LogP contribution is -2.44. The molecule has 0 bridgehead atoms. The fraction of sp³-hybridized carbons (Fsp3) is 0.375. The van der Waals surface area contributed by atoms with Crippen molar-refractivity contribution >= 4 is 17.4 Å². The van der Waals surface area contributed by atoms with Crippen molar-refractivity contribution in [2.24, 2.45) is 0 Å². The average molecular weight is 337 g/mol. The summed E-state index contributed by atoms with van der Waals surface area (Å²) in [5.74, 6) is -0.245. The SMILES string of the molecule is Cc1cnc([C@@H](C)NC(=O)N[C@@H](C)COc2ccccc2F)s1. The van der Waals surface area contributed by atoms with Crippen LogP contribution in [0.25, 0.3) is 0 Å². The third-order valence-electron chi connectivity index (χ3n) is 3.06. The number of nitrogens with one attached hydrogen (secondary N) is 2. The summed E-state index contributed by atoms with van der Waals surface area (Å²) in [4.78, 5) is 17.3. The predicted molar refractivity (Wildman–Crippen MR) is 88.3 cm³/mol. The van der Waals surface area contributed by atoms with Gasteiger partial charge in [0.2, 0.25) is 0 Å². The number of rotatable bonds is 6.